The molecule has 1 heterocycles. The first-order chi connectivity index (χ1) is 9.22. The fourth-order valence-electron chi connectivity index (χ4n) is 1.83. The molecule has 0 aromatic carbocycles. The molecule has 0 saturated heterocycles. The molecule has 19 heavy (non-hydrogen) atoms. The number of nitrogens with one attached hydrogen (secondary N) is 1. The number of aromatic nitrogens is 1. The summed E-state index contributed by atoms with van der Waals surface area (Å²) in [4.78, 5) is 17.6. The SMILES string of the molecule is CCN(CC)C(=O)CCNCc1cccnc1C#N. The van der Waals surface area contributed by atoms with Crippen molar-refractivity contribution in [3.63, 3.8) is 0 Å². The quantitative estimate of drug-likeness (QED) is 0.750. The van der Waals surface area contributed by atoms with Gasteiger partial charge in [-0.05, 0) is 19.9 Å². The van der Waals surface area contributed by atoms with Gasteiger partial charge in [-0.1, -0.05) is 6.07 Å². The first-order valence-corrected chi connectivity index (χ1v) is 6.55. The molecule has 102 valence electrons. The molecule has 0 aliphatic heterocycles. The summed E-state index contributed by atoms with van der Waals surface area (Å²) in [6.07, 6.45) is 2.08. The van der Waals surface area contributed by atoms with Gasteiger partial charge in [-0.3, -0.25) is 4.79 Å². The van der Waals surface area contributed by atoms with Crippen LogP contribution in [0, 0.1) is 11.3 Å². The number of hydrogen-bond acceptors (Lipinski definition) is 4. The highest BCUT2D eigenvalue weighted by molar-refractivity contribution is 5.76. The Kier molecular flexibility index (Phi) is 6.55. The zero-order chi connectivity index (χ0) is 14.1. The number of amides is 1. The van der Waals surface area contributed by atoms with Gasteiger partial charge in [0.25, 0.3) is 0 Å². The minimum atomic E-state index is 0.157. The van der Waals surface area contributed by atoms with E-state index in [0.717, 1.165) is 18.7 Å². The Morgan fingerprint density at radius 1 is 1.47 bits per heavy atom. The monoisotopic (exact) mass is 260 g/mol. The topological polar surface area (TPSA) is 69.0 Å². The molecule has 1 amide bonds. The lowest BCUT2D eigenvalue weighted by Crippen LogP contribution is -2.32. The highest BCUT2D eigenvalue weighted by Gasteiger charge is 2.08. The molecule has 1 N–H and O–H groups in total. The predicted molar refractivity (Wildman–Crippen MR) is 73.2 cm³/mol. The number of carbonyl (C=O) groups excluding carboxylic acids is 1. The van der Waals surface area contributed by atoms with Crippen molar-refractivity contribution < 1.29 is 4.79 Å². The highest BCUT2D eigenvalue weighted by Crippen LogP contribution is 2.03. The Labute approximate surface area is 114 Å². The third-order valence-corrected chi connectivity index (χ3v) is 2.94. The average Bonchev–Trinajstić information content (AvgIpc) is 2.45. The first kappa shape index (κ1) is 15.1. The number of pyridine rings is 1. The maximum absolute atomic E-state index is 11.8. The van der Waals surface area contributed by atoms with E-state index in [1.165, 1.54) is 0 Å². The van der Waals surface area contributed by atoms with Crippen molar-refractivity contribution in [3.8, 4) is 6.07 Å². The molecular formula is C14H20N4O. The van der Waals surface area contributed by atoms with E-state index < -0.39 is 0 Å². The van der Waals surface area contributed by atoms with Gasteiger partial charge in [-0.25, -0.2) is 4.98 Å². The predicted octanol–water partition coefficient (Wildman–Crippen LogP) is 1.30. The Hall–Kier alpha value is -1.93. The highest BCUT2D eigenvalue weighted by atomic mass is 16.2. The normalized spacial score (nSPS) is 9.95. The lowest BCUT2D eigenvalue weighted by atomic mass is 10.2. The van der Waals surface area contributed by atoms with Gasteiger partial charge < -0.3 is 10.2 Å². The summed E-state index contributed by atoms with van der Waals surface area (Å²) in [5.41, 5.74) is 1.30. The van der Waals surface area contributed by atoms with Crippen LogP contribution < -0.4 is 5.32 Å². The Bertz CT molecular complexity index is 449. The van der Waals surface area contributed by atoms with Crippen molar-refractivity contribution >= 4 is 5.91 Å². The summed E-state index contributed by atoms with van der Waals surface area (Å²) in [7, 11) is 0. The summed E-state index contributed by atoms with van der Waals surface area (Å²) >= 11 is 0. The Balaban J connectivity index is 2.35. The van der Waals surface area contributed by atoms with Crippen molar-refractivity contribution in [2.24, 2.45) is 0 Å². The standard InChI is InChI=1S/C14H20N4O/c1-3-18(4-2)14(19)7-9-16-11-12-6-5-8-17-13(12)10-15/h5-6,8,16H,3-4,7,9,11H2,1-2H3. The summed E-state index contributed by atoms with van der Waals surface area (Å²) in [6.45, 7) is 6.61. The van der Waals surface area contributed by atoms with E-state index in [4.69, 9.17) is 5.26 Å². The molecule has 0 fully saturated rings. The minimum absolute atomic E-state index is 0.157. The molecule has 0 bridgehead atoms. The molecule has 0 unspecified atom stereocenters. The van der Waals surface area contributed by atoms with E-state index in [1.807, 2.05) is 24.8 Å². The second-order valence-corrected chi connectivity index (χ2v) is 4.12. The number of hydrogen-bond donors (Lipinski definition) is 1. The lowest BCUT2D eigenvalue weighted by molar-refractivity contribution is -0.130. The smallest absolute Gasteiger partial charge is 0.223 e. The first-order valence-electron chi connectivity index (χ1n) is 6.55. The van der Waals surface area contributed by atoms with Crippen molar-refractivity contribution in [2.75, 3.05) is 19.6 Å². The summed E-state index contributed by atoms with van der Waals surface area (Å²) < 4.78 is 0. The van der Waals surface area contributed by atoms with Crippen LogP contribution in [0.2, 0.25) is 0 Å². The molecule has 5 nitrogen and oxygen atoms in total. The molecular weight excluding hydrogens is 240 g/mol. The fraction of sp³-hybridized carbons (Fsp3) is 0.500. The Morgan fingerprint density at radius 2 is 2.21 bits per heavy atom. The second kappa shape index (κ2) is 8.22. The molecule has 0 aliphatic carbocycles. The van der Waals surface area contributed by atoms with E-state index in [2.05, 4.69) is 16.4 Å². The van der Waals surface area contributed by atoms with Crippen LogP contribution in [-0.2, 0) is 11.3 Å². The van der Waals surface area contributed by atoms with Crippen molar-refractivity contribution in [1.29, 1.82) is 5.26 Å². The number of rotatable bonds is 7. The summed E-state index contributed by atoms with van der Waals surface area (Å²) in [5, 5.41) is 12.1. The average molecular weight is 260 g/mol. The van der Waals surface area contributed by atoms with Crippen LogP contribution in [0.4, 0.5) is 0 Å². The van der Waals surface area contributed by atoms with Crippen LogP contribution >= 0.6 is 0 Å². The van der Waals surface area contributed by atoms with Gasteiger partial charge in [0.1, 0.15) is 11.8 Å². The van der Waals surface area contributed by atoms with Gasteiger partial charge in [0.05, 0.1) is 0 Å². The molecule has 0 atom stereocenters. The molecule has 1 aromatic heterocycles. The molecule has 5 heteroatoms. The van der Waals surface area contributed by atoms with Gasteiger partial charge in [0.2, 0.25) is 5.91 Å². The van der Waals surface area contributed by atoms with Gasteiger partial charge in [-0.15, -0.1) is 0 Å². The Morgan fingerprint density at radius 3 is 2.84 bits per heavy atom. The van der Waals surface area contributed by atoms with Crippen LogP contribution in [0.3, 0.4) is 0 Å². The molecule has 0 aliphatic rings. The third kappa shape index (κ3) is 4.68. The molecule has 1 aromatic rings. The maximum atomic E-state index is 11.8. The molecule has 1 rings (SSSR count). The minimum Gasteiger partial charge on any atom is -0.343 e. The molecule has 0 spiro atoms. The van der Waals surface area contributed by atoms with Crippen molar-refractivity contribution in [3.05, 3.63) is 29.6 Å². The van der Waals surface area contributed by atoms with Crippen LogP contribution in [0.25, 0.3) is 0 Å². The number of nitriles is 1. The number of carbonyl (C=O) groups is 1. The summed E-state index contributed by atoms with van der Waals surface area (Å²) in [6, 6.07) is 5.73. The van der Waals surface area contributed by atoms with Crippen LogP contribution in [0.1, 0.15) is 31.5 Å². The zero-order valence-corrected chi connectivity index (χ0v) is 11.5. The number of nitrogens with zero attached hydrogens (tertiary/aromatic N) is 3. The van der Waals surface area contributed by atoms with Crippen molar-refractivity contribution in [1.82, 2.24) is 15.2 Å². The maximum Gasteiger partial charge on any atom is 0.223 e. The summed E-state index contributed by atoms with van der Waals surface area (Å²) in [5.74, 6) is 0.157. The van der Waals surface area contributed by atoms with E-state index in [0.29, 0.717) is 25.2 Å². The lowest BCUT2D eigenvalue weighted by Gasteiger charge is -2.18. The zero-order valence-electron chi connectivity index (χ0n) is 11.5. The van der Waals surface area contributed by atoms with Gasteiger partial charge in [0.15, 0.2) is 0 Å². The largest absolute Gasteiger partial charge is 0.343 e. The second-order valence-electron chi connectivity index (χ2n) is 4.12. The molecule has 0 radical (unpaired) electrons. The molecule has 0 saturated carbocycles. The van der Waals surface area contributed by atoms with Crippen LogP contribution in [0.5, 0.6) is 0 Å². The third-order valence-electron chi connectivity index (χ3n) is 2.94. The van der Waals surface area contributed by atoms with E-state index >= 15 is 0 Å². The fourth-order valence-corrected chi connectivity index (χ4v) is 1.83. The van der Waals surface area contributed by atoms with Gasteiger partial charge >= 0.3 is 0 Å². The van der Waals surface area contributed by atoms with Gasteiger partial charge in [-0.2, -0.15) is 5.26 Å². The van der Waals surface area contributed by atoms with E-state index in [9.17, 15) is 4.79 Å². The van der Waals surface area contributed by atoms with Crippen molar-refractivity contribution in [2.45, 2.75) is 26.8 Å². The van der Waals surface area contributed by atoms with E-state index in [-0.39, 0.29) is 5.91 Å². The van der Waals surface area contributed by atoms with Crippen LogP contribution in [0.15, 0.2) is 18.3 Å². The van der Waals surface area contributed by atoms with E-state index in [1.54, 1.807) is 12.3 Å². The van der Waals surface area contributed by atoms with Gasteiger partial charge in [0, 0.05) is 44.4 Å². The van der Waals surface area contributed by atoms with Crippen LogP contribution in [-0.4, -0.2) is 35.4 Å².